The molecule has 0 amide bonds. The van der Waals surface area contributed by atoms with Gasteiger partial charge in [-0.05, 0) is 36.4 Å². The summed E-state index contributed by atoms with van der Waals surface area (Å²) in [6, 6.07) is 9.79. The highest BCUT2D eigenvalue weighted by molar-refractivity contribution is 6.12. The molecule has 0 unspecified atom stereocenters. The van der Waals surface area contributed by atoms with Crippen molar-refractivity contribution in [2.75, 3.05) is 25.7 Å². The molecule has 0 saturated heterocycles. The Hall–Kier alpha value is -2.69. The minimum Gasteiger partial charge on any atom is -0.493 e. The molecule has 0 aliphatic rings. The molecule has 5 heteroatoms. The Kier molecular flexibility index (Phi) is 3.79. The van der Waals surface area contributed by atoms with E-state index in [-0.39, 0.29) is 5.78 Å². The third-order valence-corrected chi connectivity index (χ3v) is 2.97. The van der Waals surface area contributed by atoms with Gasteiger partial charge in [-0.15, -0.1) is 0 Å². The lowest BCUT2D eigenvalue weighted by Gasteiger charge is -2.10. The van der Waals surface area contributed by atoms with Crippen molar-refractivity contribution in [3.8, 4) is 11.5 Å². The second kappa shape index (κ2) is 5.52. The van der Waals surface area contributed by atoms with Crippen molar-refractivity contribution in [1.82, 2.24) is 0 Å². The highest BCUT2D eigenvalue weighted by atomic mass is 16.5. The molecule has 0 atom stereocenters. The number of ether oxygens (including phenoxy) is 2. The van der Waals surface area contributed by atoms with Gasteiger partial charge in [0, 0.05) is 22.5 Å². The first-order valence-corrected chi connectivity index (χ1v) is 5.98. The van der Waals surface area contributed by atoms with Crippen LogP contribution in [0.15, 0.2) is 36.4 Å². The highest BCUT2D eigenvalue weighted by Gasteiger charge is 2.15. The lowest BCUT2D eigenvalue weighted by molar-refractivity contribution is 0.103. The monoisotopic (exact) mass is 272 g/mol. The van der Waals surface area contributed by atoms with Gasteiger partial charge in [-0.25, -0.2) is 0 Å². The van der Waals surface area contributed by atoms with Gasteiger partial charge in [-0.2, -0.15) is 0 Å². The van der Waals surface area contributed by atoms with Gasteiger partial charge in [0.25, 0.3) is 0 Å². The molecule has 2 rings (SSSR count). The molecule has 2 aromatic rings. The van der Waals surface area contributed by atoms with Crippen LogP contribution >= 0.6 is 0 Å². The van der Waals surface area contributed by atoms with Crippen LogP contribution < -0.4 is 20.9 Å². The molecule has 0 saturated carbocycles. The van der Waals surface area contributed by atoms with Crippen molar-refractivity contribution in [1.29, 1.82) is 0 Å². The number of hydrogen-bond donors (Lipinski definition) is 2. The largest absolute Gasteiger partial charge is 0.493 e. The van der Waals surface area contributed by atoms with E-state index in [1.807, 2.05) is 0 Å². The quantitative estimate of drug-likeness (QED) is 0.657. The molecule has 0 aliphatic carbocycles. The summed E-state index contributed by atoms with van der Waals surface area (Å²) in [4.78, 5) is 12.4. The number of carbonyl (C=O) groups is 1. The van der Waals surface area contributed by atoms with Crippen molar-refractivity contribution in [2.24, 2.45) is 0 Å². The van der Waals surface area contributed by atoms with Gasteiger partial charge in [0.1, 0.15) is 0 Å². The van der Waals surface area contributed by atoms with Crippen LogP contribution in [-0.2, 0) is 0 Å². The minimum absolute atomic E-state index is 0.191. The van der Waals surface area contributed by atoms with Gasteiger partial charge < -0.3 is 20.9 Å². The lowest BCUT2D eigenvalue weighted by Crippen LogP contribution is -2.06. The molecule has 4 N–H and O–H groups in total. The Balaban J connectivity index is 2.43. The zero-order chi connectivity index (χ0) is 14.7. The number of hydrogen-bond acceptors (Lipinski definition) is 5. The van der Waals surface area contributed by atoms with Gasteiger partial charge in [0.2, 0.25) is 0 Å². The summed E-state index contributed by atoms with van der Waals surface area (Å²) in [5.41, 5.74) is 13.2. The minimum atomic E-state index is -0.191. The van der Waals surface area contributed by atoms with Gasteiger partial charge in [0.15, 0.2) is 17.3 Å². The number of carbonyl (C=O) groups excluding carboxylic acids is 1. The van der Waals surface area contributed by atoms with Crippen LogP contribution in [0.3, 0.4) is 0 Å². The summed E-state index contributed by atoms with van der Waals surface area (Å²) in [5, 5.41) is 0. The van der Waals surface area contributed by atoms with Crippen LogP contribution in [-0.4, -0.2) is 20.0 Å². The van der Waals surface area contributed by atoms with E-state index in [4.69, 9.17) is 20.9 Å². The first-order chi connectivity index (χ1) is 9.56. The molecule has 0 heterocycles. The molecule has 104 valence electrons. The average molecular weight is 272 g/mol. The zero-order valence-electron chi connectivity index (χ0n) is 11.3. The Labute approximate surface area is 117 Å². The fourth-order valence-corrected chi connectivity index (χ4v) is 1.92. The van der Waals surface area contributed by atoms with Crippen LogP contribution in [0, 0.1) is 0 Å². The number of nitrogen functional groups attached to an aromatic ring is 2. The number of ketones is 1. The van der Waals surface area contributed by atoms with Gasteiger partial charge in [-0.1, -0.05) is 0 Å². The van der Waals surface area contributed by atoms with E-state index in [0.29, 0.717) is 34.0 Å². The summed E-state index contributed by atoms with van der Waals surface area (Å²) in [5.74, 6) is 0.866. The normalized spacial score (nSPS) is 10.1. The first-order valence-electron chi connectivity index (χ1n) is 5.98. The molecule has 0 aromatic heterocycles. The van der Waals surface area contributed by atoms with E-state index in [9.17, 15) is 4.79 Å². The number of methoxy groups -OCH3 is 2. The first kappa shape index (κ1) is 13.7. The lowest BCUT2D eigenvalue weighted by atomic mass is 10.0. The average Bonchev–Trinajstić information content (AvgIpc) is 2.45. The summed E-state index contributed by atoms with van der Waals surface area (Å²) in [6.07, 6.45) is 0. The second-order valence-corrected chi connectivity index (χ2v) is 4.25. The van der Waals surface area contributed by atoms with Gasteiger partial charge in [0.05, 0.1) is 14.2 Å². The standard InChI is InChI=1S/C15H16N2O3/c1-19-13-6-3-9(7-14(13)20-2)15(18)11-5-4-10(16)8-12(11)17/h3-8H,16-17H2,1-2H3. The molecule has 5 nitrogen and oxygen atoms in total. The molecule has 0 bridgehead atoms. The third kappa shape index (κ3) is 2.51. The summed E-state index contributed by atoms with van der Waals surface area (Å²) in [7, 11) is 3.06. The smallest absolute Gasteiger partial charge is 0.195 e. The topological polar surface area (TPSA) is 87.6 Å². The van der Waals surface area contributed by atoms with Crippen molar-refractivity contribution < 1.29 is 14.3 Å². The fourth-order valence-electron chi connectivity index (χ4n) is 1.92. The van der Waals surface area contributed by atoms with Crippen molar-refractivity contribution in [3.05, 3.63) is 47.5 Å². The fraction of sp³-hybridized carbons (Fsp3) is 0.133. The number of rotatable bonds is 4. The third-order valence-electron chi connectivity index (χ3n) is 2.97. The zero-order valence-corrected chi connectivity index (χ0v) is 11.3. The Morgan fingerprint density at radius 1 is 0.950 bits per heavy atom. The van der Waals surface area contributed by atoms with Crippen molar-refractivity contribution in [3.63, 3.8) is 0 Å². The Bertz CT molecular complexity index is 654. The molecule has 0 fully saturated rings. The molecule has 0 radical (unpaired) electrons. The maximum atomic E-state index is 12.4. The van der Waals surface area contributed by atoms with E-state index in [2.05, 4.69) is 0 Å². The molecule has 2 aromatic carbocycles. The van der Waals surface area contributed by atoms with E-state index in [1.54, 1.807) is 36.4 Å². The molecule has 20 heavy (non-hydrogen) atoms. The molecule has 0 aliphatic heterocycles. The SMILES string of the molecule is COc1ccc(C(=O)c2ccc(N)cc2N)cc1OC. The predicted molar refractivity (Wildman–Crippen MR) is 78.2 cm³/mol. The Morgan fingerprint density at radius 2 is 1.65 bits per heavy atom. The van der Waals surface area contributed by atoms with Crippen molar-refractivity contribution >= 4 is 17.2 Å². The van der Waals surface area contributed by atoms with Crippen LogP contribution in [0.5, 0.6) is 11.5 Å². The summed E-state index contributed by atoms with van der Waals surface area (Å²) < 4.78 is 10.3. The van der Waals surface area contributed by atoms with E-state index < -0.39 is 0 Å². The summed E-state index contributed by atoms with van der Waals surface area (Å²) >= 11 is 0. The predicted octanol–water partition coefficient (Wildman–Crippen LogP) is 2.10. The second-order valence-electron chi connectivity index (χ2n) is 4.25. The van der Waals surface area contributed by atoms with Gasteiger partial charge >= 0.3 is 0 Å². The molecular weight excluding hydrogens is 256 g/mol. The van der Waals surface area contributed by atoms with E-state index in [0.717, 1.165) is 0 Å². The maximum Gasteiger partial charge on any atom is 0.195 e. The summed E-state index contributed by atoms with van der Waals surface area (Å²) in [6.45, 7) is 0. The Morgan fingerprint density at radius 3 is 2.25 bits per heavy atom. The maximum absolute atomic E-state index is 12.4. The highest BCUT2D eigenvalue weighted by Crippen LogP contribution is 2.29. The number of benzene rings is 2. The van der Waals surface area contributed by atoms with E-state index >= 15 is 0 Å². The molecule has 0 spiro atoms. The van der Waals surface area contributed by atoms with Crippen LogP contribution in [0.25, 0.3) is 0 Å². The van der Waals surface area contributed by atoms with Crippen LogP contribution in [0.1, 0.15) is 15.9 Å². The van der Waals surface area contributed by atoms with Crippen LogP contribution in [0.4, 0.5) is 11.4 Å². The van der Waals surface area contributed by atoms with Crippen molar-refractivity contribution in [2.45, 2.75) is 0 Å². The number of anilines is 2. The van der Waals surface area contributed by atoms with E-state index in [1.165, 1.54) is 14.2 Å². The number of nitrogens with two attached hydrogens (primary N) is 2. The molecular formula is C15H16N2O3. The van der Waals surface area contributed by atoms with Crippen LogP contribution in [0.2, 0.25) is 0 Å². The van der Waals surface area contributed by atoms with Gasteiger partial charge in [-0.3, -0.25) is 4.79 Å².